The molecule has 0 spiro atoms. The zero-order chi connectivity index (χ0) is 14.0. The Bertz CT molecular complexity index is 747. The minimum Gasteiger partial charge on any atom is -0.587 e. The molecule has 2 aromatic carbocycles. The first-order chi connectivity index (χ1) is 9.58. The van der Waals surface area contributed by atoms with Gasteiger partial charge in [0.05, 0.1) is 22.9 Å². The fourth-order valence-electron chi connectivity index (χ4n) is 2.60. The topological polar surface area (TPSA) is 91.6 Å². The van der Waals surface area contributed by atoms with Crippen LogP contribution in [0.5, 0.6) is 0 Å². The number of rotatable bonds is 0. The van der Waals surface area contributed by atoms with Gasteiger partial charge >= 0.3 is 11.9 Å². The largest absolute Gasteiger partial charge is 0.587 e. The summed E-state index contributed by atoms with van der Waals surface area (Å²) in [5.74, 6) is -2.91. The number of carbonyl (C=O) groups is 4. The summed E-state index contributed by atoms with van der Waals surface area (Å²) in [7, 11) is 0. The van der Waals surface area contributed by atoms with Gasteiger partial charge in [0.1, 0.15) is 0 Å². The van der Waals surface area contributed by atoms with Crippen LogP contribution in [0.1, 0.15) is 41.4 Å². The minimum atomic E-state index is -0.784. The standard InChI is InChI=1S/C14H5NO5.Y/c16-11-5-1-3-7-10-8(14(19)20-13(7)18)4-2-6(9(5)10)12(17)15-11;/h1-4H,(H,15,16,17);/p-1. The van der Waals surface area contributed by atoms with Crippen LogP contribution in [-0.2, 0) is 37.4 Å². The number of carbonyl (C=O) groups excluding carboxylic acids is 4. The number of cyclic esters (lactones) is 2. The van der Waals surface area contributed by atoms with Crippen molar-refractivity contribution in [2.45, 2.75) is 0 Å². The zero-order valence-electron chi connectivity index (χ0n) is 10.4. The predicted octanol–water partition coefficient (Wildman–Crippen LogP) is 1.82. The Kier molecular flexibility index (Phi) is 3.04. The first-order valence-corrected chi connectivity index (χ1v) is 5.74. The molecule has 4 rings (SSSR count). The third-order valence-corrected chi connectivity index (χ3v) is 3.45. The smallest absolute Gasteiger partial charge is 0.346 e. The van der Waals surface area contributed by atoms with Gasteiger partial charge in [0.15, 0.2) is 0 Å². The third kappa shape index (κ3) is 1.72. The molecule has 0 fully saturated rings. The second-order valence-electron chi connectivity index (χ2n) is 4.47. The van der Waals surface area contributed by atoms with Crippen LogP contribution in [0.4, 0.5) is 0 Å². The van der Waals surface area contributed by atoms with Crippen LogP contribution in [0.25, 0.3) is 16.1 Å². The molecule has 0 unspecified atom stereocenters. The Balaban J connectivity index is 0.00000132. The monoisotopic (exact) mass is 355 g/mol. The molecular weight excluding hydrogens is 351 g/mol. The molecule has 6 nitrogen and oxygen atoms in total. The molecular formula is C14H4NO5Y-. The predicted molar refractivity (Wildman–Crippen MR) is 65.7 cm³/mol. The molecule has 0 aliphatic carbocycles. The average molecular weight is 355 g/mol. The van der Waals surface area contributed by atoms with Crippen molar-refractivity contribution in [2.24, 2.45) is 0 Å². The van der Waals surface area contributed by atoms with E-state index >= 15 is 0 Å². The summed E-state index contributed by atoms with van der Waals surface area (Å²) >= 11 is 0. The Labute approximate surface area is 142 Å². The van der Waals surface area contributed by atoms with E-state index in [-0.39, 0.29) is 60.3 Å². The van der Waals surface area contributed by atoms with Crippen LogP contribution < -0.4 is 0 Å². The van der Waals surface area contributed by atoms with Gasteiger partial charge in [-0.1, -0.05) is 12.1 Å². The first-order valence-electron chi connectivity index (χ1n) is 5.74. The van der Waals surface area contributed by atoms with Gasteiger partial charge in [-0.05, 0) is 12.1 Å². The van der Waals surface area contributed by atoms with Crippen molar-refractivity contribution >= 4 is 34.5 Å². The van der Waals surface area contributed by atoms with E-state index < -0.39 is 23.8 Å². The second kappa shape index (κ2) is 4.54. The summed E-state index contributed by atoms with van der Waals surface area (Å²) in [6.45, 7) is 0. The van der Waals surface area contributed by atoms with Gasteiger partial charge in [0, 0.05) is 54.6 Å². The van der Waals surface area contributed by atoms with Crippen LogP contribution in [0.15, 0.2) is 24.3 Å². The molecule has 2 aromatic rings. The molecule has 0 saturated carbocycles. The molecule has 99 valence electrons. The molecule has 2 aliphatic heterocycles. The third-order valence-electron chi connectivity index (χ3n) is 3.45. The van der Waals surface area contributed by atoms with E-state index in [1.54, 1.807) is 0 Å². The van der Waals surface area contributed by atoms with Crippen molar-refractivity contribution in [3.8, 4) is 0 Å². The van der Waals surface area contributed by atoms with Gasteiger partial charge < -0.3 is 19.6 Å². The second-order valence-corrected chi connectivity index (χ2v) is 4.47. The number of nitrogens with zero attached hydrogens (tertiary/aromatic N) is 1. The Hall–Kier alpha value is -1.92. The number of imide groups is 1. The summed E-state index contributed by atoms with van der Waals surface area (Å²) in [6.07, 6.45) is 0. The Morgan fingerprint density at radius 1 is 0.667 bits per heavy atom. The van der Waals surface area contributed by atoms with Crippen molar-refractivity contribution in [2.75, 3.05) is 0 Å². The van der Waals surface area contributed by atoms with Crippen molar-refractivity contribution < 1.29 is 56.6 Å². The molecule has 0 atom stereocenters. The Morgan fingerprint density at radius 3 is 1.52 bits per heavy atom. The van der Waals surface area contributed by atoms with Crippen molar-refractivity contribution in [3.63, 3.8) is 0 Å². The molecule has 1 radical (unpaired) electrons. The molecule has 7 heteroatoms. The van der Waals surface area contributed by atoms with Gasteiger partial charge in [-0.3, -0.25) is 0 Å². The van der Waals surface area contributed by atoms with Crippen molar-refractivity contribution in [1.82, 2.24) is 0 Å². The maximum atomic E-state index is 11.8. The van der Waals surface area contributed by atoms with Gasteiger partial charge in [-0.2, -0.15) is 0 Å². The van der Waals surface area contributed by atoms with Crippen molar-refractivity contribution in [1.29, 1.82) is 0 Å². The number of amides is 2. The number of hydrogen-bond donors (Lipinski definition) is 0. The molecule has 2 aliphatic rings. The summed E-state index contributed by atoms with van der Waals surface area (Å²) < 4.78 is 4.62. The molecule has 0 saturated heterocycles. The average Bonchev–Trinajstić information content (AvgIpc) is 2.42. The summed E-state index contributed by atoms with van der Waals surface area (Å²) in [5.41, 5.74) is 0.760. The number of ether oxygens (including phenoxy) is 1. The van der Waals surface area contributed by atoms with E-state index in [1.165, 1.54) is 24.3 Å². The van der Waals surface area contributed by atoms with E-state index in [4.69, 9.17) is 0 Å². The maximum absolute atomic E-state index is 11.8. The van der Waals surface area contributed by atoms with Gasteiger partial charge in [0.2, 0.25) is 0 Å². The van der Waals surface area contributed by atoms with Gasteiger partial charge in [0.25, 0.3) is 0 Å². The fraction of sp³-hybridized carbons (Fsp3) is 0. The number of benzene rings is 2. The van der Waals surface area contributed by atoms with Crippen LogP contribution in [-0.4, -0.2) is 23.8 Å². The van der Waals surface area contributed by atoms with E-state index in [0.717, 1.165) is 0 Å². The van der Waals surface area contributed by atoms with Gasteiger partial charge in [-0.15, -0.1) is 0 Å². The molecule has 2 amide bonds. The van der Waals surface area contributed by atoms with E-state index in [9.17, 15) is 19.2 Å². The molecule has 0 N–H and O–H groups in total. The SMILES string of the molecule is O=C1[N-]C(=O)c2ccc3c4c(ccc1c24)C(=O)OC3=O.[Y]. The van der Waals surface area contributed by atoms with Crippen LogP contribution >= 0.6 is 0 Å². The van der Waals surface area contributed by atoms with Crippen LogP contribution in [0.2, 0.25) is 0 Å². The number of hydrogen-bond acceptors (Lipinski definition) is 5. The molecule has 21 heavy (non-hydrogen) atoms. The van der Waals surface area contributed by atoms with Crippen LogP contribution in [0.3, 0.4) is 0 Å². The zero-order valence-corrected chi connectivity index (χ0v) is 13.2. The van der Waals surface area contributed by atoms with E-state index in [2.05, 4.69) is 10.1 Å². The summed E-state index contributed by atoms with van der Waals surface area (Å²) in [4.78, 5) is 47.0. The molecule has 2 heterocycles. The normalized spacial score (nSPS) is 15.4. The maximum Gasteiger partial charge on any atom is 0.346 e. The minimum absolute atomic E-state index is 0. The first kappa shape index (κ1) is 14.0. The summed E-state index contributed by atoms with van der Waals surface area (Å²) in [5, 5.41) is 4.00. The van der Waals surface area contributed by atoms with Crippen LogP contribution in [0, 0.1) is 0 Å². The Morgan fingerprint density at radius 2 is 1.05 bits per heavy atom. The molecule has 0 aromatic heterocycles. The quantitative estimate of drug-likeness (QED) is 0.408. The van der Waals surface area contributed by atoms with E-state index in [1.807, 2.05) is 0 Å². The van der Waals surface area contributed by atoms with Gasteiger partial charge in [-0.25, -0.2) is 9.59 Å². The van der Waals surface area contributed by atoms with Crippen molar-refractivity contribution in [3.05, 3.63) is 51.8 Å². The fourth-order valence-corrected chi connectivity index (χ4v) is 2.60. The summed E-state index contributed by atoms with van der Waals surface area (Å²) in [6, 6.07) is 5.65. The van der Waals surface area contributed by atoms with E-state index in [0.29, 0.717) is 5.39 Å². The number of esters is 2. The molecule has 0 bridgehead atoms.